The van der Waals surface area contributed by atoms with Gasteiger partial charge in [-0.3, -0.25) is 0 Å². The van der Waals surface area contributed by atoms with Crippen molar-refractivity contribution in [1.29, 1.82) is 0 Å². The number of benzene rings is 1. The first-order valence-corrected chi connectivity index (χ1v) is 9.07. The maximum absolute atomic E-state index is 6.17. The van der Waals surface area contributed by atoms with Crippen molar-refractivity contribution in [2.45, 2.75) is 47.1 Å². The largest absolute Gasteiger partial charge is 1.00 e. The number of aryl methyl sites for hydroxylation is 1. The summed E-state index contributed by atoms with van der Waals surface area (Å²) in [6.07, 6.45) is 7.07. The van der Waals surface area contributed by atoms with Gasteiger partial charge < -0.3 is 24.0 Å². The molecule has 0 bridgehead atoms. The number of hydrogen-bond donors (Lipinski definition) is 0. The molecular weight excluding hydrogens is 437 g/mol. The van der Waals surface area contributed by atoms with Gasteiger partial charge in [0.05, 0.1) is 0 Å². The minimum Gasteiger partial charge on any atom is -1.00 e. The summed E-state index contributed by atoms with van der Waals surface area (Å²) in [5, 5.41) is 2.12. The zero-order valence-corrected chi connectivity index (χ0v) is 17.8. The van der Waals surface area contributed by atoms with Gasteiger partial charge in [-0.05, 0) is 49.8 Å². The molecule has 0 aliphatic heterocycles. The van der Waals surface area contributed by atoms with E-state index in [0.717, 1.165) is 18.0 Å². The van der Waals surface area contributed by atoms with Crippen LogP contribution in [0.5, 0.6) is 0 Å². The molecule has 0 unspecified atom stereocenters. The normalized spacial score (nSPS) is 18.8. The van der Waals surface area contributed by atoms with Crippen molar-refractivity contribution in [3.63, 3.8) is 0 Å². The molecule has 2 aromatic rings. The summed E-state index contributed by atoms with van der Waals surface area (Å²) in [5.41, 5.74) is 4.52. The van der Waals surface area contributed by atoms with Gasteiger partial charge in [0.15, 0.2) is 0 Å². The molecule has 1 aromatic heterocycles. The Balaban J connectivity index is 0.00000192. The van der Waals surface area contributed by atoms with Crippen LogP contribution in [0.3, 0.4) is 0 Å². The van der Waals surface area contributed by atoms with E-state index in [1.165, 1.54) is 32.8 Å². The lowest BCUT2D eigenvalue weighted by atomic mass is 9.75. The average molecular weight is 460 g/mol. The molecule has 0 radical (unpaired) electrons. The highest BCUT2D eigenvalue weighted by Gasteiger charge is 2.25. The third kappa shape index (κ3) is 4.18. The average Bonchev–Trinajstić information content (AvgIpc) is 2.72. The third-order valence-electron chi connectivity index (χ3n) is 4.19. The Bertz CT molecular complexity index is 786. The highest BCUT2D eigenvalue weighted by molar-refractivity contribution is 7.18. The predicted molar refractivity (Wildman–Crippen MR) is 97.5 cm³/mol. The molecule has 0 spiro atoms. The molecule has 0 saturated heterocycles. The molecule has 0 N–H and O–H groups in total. The fraction of sp³-hybridized carbons (Fsp3) is 0.421. The Labute approximate surface area is 165 Å². The maximum Gasteiger partial charge on any atom is 0.263 e. The molecule has 0 amide bonds. The number of rotatable bonds is 2. The molecule has 0 fully saturated rings. The number of allylic oxidation sites excluding steroid dienone is 3. The van der Waals surface area contributed by atoms with Gasteiger partial charge in [-0.15, -0.1) is 0 Å². The molecule has 1 heterocycles. The molecular formula is C19H23ClINS. The summed E-state index contributed by atoms with van der Waals surface area (Å²) in [5.74, 6) is 0. The number of nitrogens with zero attached hydrogens (tertiary/aromatic N) is 1. The van der Waals surface area contributed by atoms with Crippen LogP contribution in [0.4, 0.5) is 0 Å². The predicted octanol–water partition coefficient (Wildman–Crippen LogP) is 3.02. The minimum atomic E-state index is 0. The zero-order chi connectivity index (χ0) is 15.9. The van der Waals surface area contributed by atoms with Crippen molar-refractivity contribution in [3.8, 4) is 0 Å². The fourth-order valence-electron chi connectivity index (χ4n) is 3.55. The number of thiazole rings is 1. The van der Waals surface area contributed by atoms with Crippen molar-refractivity contribution >= 4 is 39.2 Å². The summed E-state index contributed by atoms with van der Waals surface area (Å²) in [4.78, 5) is 0. The van der Waals surface area contributed by atoms with Gasteiger partial charge in [-0.2, -0.15) is 4.57 Å². The van der Waals surface area contributed by atoms with Crippen molar-refractivity contribution in [2.75, 3.05) is 0 Å². The third-order valence-corrected chi connectivity index (χ3v) is 5.54. The van der Waals surface area contributed by atoms with E-state index >= 15 is 0 Å². The zero-order valence-electron chi connectivity index (χ0n) is 14.1. The van der Waals surface area contributed by atoms with Gasteiger partial charge in [-0.1, -0.05) is 48.4 Å². The van der Waals surface area contributed by atoms with E-state index in [9.17, 15) is 0 Å². The number of fused-ring (bicyclic) bond motifs is 1. The topological polar surface area (TPSA) is 3.88 Å². The Morgan fingerprint density at radius 1 is 1.30 bits per heavy atom. The minimum absolute atomic E-state index is 0. The molecule has 4 heteroatoms. The van der Waals surface area contributed by atoms with Crippen LogP contribution in [0.2, 0.25) is 5.02 Å². The standard InChI is InChI=1S/C19H23ClNS.HI/c1-5-21-16-10-15(20)6-7-17(16)22-18(21)9-14-8-13(2)11-19(3,4)12-14;/h6-10H,5,11-12H2,1-4H3;1H/q+1;/p-1/b14-9-;. The van der Waals surface area contributed by atoms with Crippen LogP contribution in [0, 0.1) is 5.41 Å². The summed E-state index contributed by atoms with van der Waals surface area (Å²) >= 11 is 8.02. The van der Waals surface area contributed by atoms with Crippen molar-refractivity contribution in [1.82, 2.24) is 0 Å². The first-order valence-electron chi connectivity index (χ1n) is 7.87. The Kier molecular flexibility index (Phi) is 5.96. The van der Waals surface area contributed by atoms with Crippen molar-refractivity contribution in [3.05, 3.63) is 45.5 Å². The van der Waals surface area contributed by atoms with E-state index in [2.05, 4.69) is 56.5 Å². The number of halogens is 2. The number of hydrogen-bond acceptors (Lipinski definition) is 1. The second-order valence-electron chi connectivity index (χ2n) is 7.02. The Hall–Kier alpha value is -0.390. The fourth-order valence-corrected chi connectivity index (χ4v) is 4.90. The van der Waals surface area contributed by atoms with Crippen LogP contribution in [0.15, 0.2) is 35.4 Å². The monoisotopic (exact) mass is 459 g/mol. The van der Waals surface area contributed by atoms with Gasteiger partial charge in [0.2, 0.25) is 5.52 Å². The molecule has 3 rings (SSSR count). The van der Waals surface area contributed by atoms with Gasteiger partial charge in [0.1, 0.15) is 11.2 Å². The molecule has 1 nitrogen and oxygen atoms in total. The van der Waals surface area contributed by atoms with Crippen LogP contribution >= 0.6 is 22.9 Å². The molecule has 23 heavy (non-hydrogen) atoms. The van der Waals surface area contributed by atoms with Crippen LogP contribution in [-0.4, -0.2) is 0 Å². The van der Waals surface area contributed by atoms with Crippen LogP contribution in [0.25, 0.3) is 16.3 Å². The Morgan fingerprint density at radius 2 is 2.04 bits per heavy atom. The summed E-state index contributed by atoms with van der Waals surface area (Å²) in [7, 11) is 0. The van der Waals surface area contributed by atoms with Gasteiger partial charge in [0.25, 0.3) is 5.01 Å². The van der Waals surface area contributed by atoms with E-state index in [1.54, 1.807) is 0 Å². The van der Waals surface area contributed by atoms with Gasteiger partial charge >= 0.3 is 0 Å². The van der Waals surface area contributed by atoms with E-state index in [-0.39, 0.29) is 24.0 Å². The molecule has 124 valence electrons. The lowest BCUT2D eigenvalue weighted by molar-refractivity contribution is -0.665. The van der Waals surface area contributed by atoms with Crippen LogP contribution in [-0.2, 0) is 6.54 Å². The van der Waals surface area contributed by atoms with E-state index in [0.29, 0.717) is 5.41 Å². The van der Waals surface area contributed by atoms with Gasteiger partial charge in [-0.25, -0.2) is 0 Å². The van der Waals surface area contributed by atoms with E-state index < -0.39 is 0 Å². The first-order chi connectivity index (χ1) is 10.4. The SMILES string of the molecule is CC[n+]1c(/C=C2/C=C(C)CC(C)(C)C2)sc2ccc(Cl)cc21.[I-]. The van der Waals surface area contributed by atoms with E-state index in [4.69, 9.17) is 11.6 Å². The highest BCUT2D eigenvalue weighted by Crippen LogP contribution is 2.38. The Morgan fingerprint density at radius 3 is 2.70 bits per heavy atom. The molecule has 1 aromatic carbocycles. The maximum atomic E-state index is 6.17. The highest BCUT2D eigenvalue weighted by atomic mass is 127. The molecule has 0 atom stereocenters. The van der Waals surface area contributed by atoms with Crippen molar-refractivity contribution in [2.24, 2.45) is 5.41 Å². The van der Waals surface area contributed by atoms with Crippen LogP contribution in [0.1, 0.15) is 45.5 Å². The molecule has 0 saturated carbocycles. The van der Waals surface area contributed by atoms with Crippen LogP contribution < -0.4 is 28.5 Å². The van der Waals surface area contributed by atoms with E-state index in [1.807, 2.05) is 17.4 Å². The second-order valence-corrected chi connectivity index (χ2v) is 8.52. The summed E-state index contributed by atoms with van der Waals surface area (Å²) < 4.78 is 3.66. The lowest BCUT2D eigenvalue weighted by Gasteiger charge is -2.29. The number of aromatic nitrogens is 1. The second kappa shape index (κ2) is 7.24. The summed E-state index contributed by atoms with van der Waals surface area (Å²) in [6, 6.07) is 6.18. The molecule has 1 aliphatic carbocycles. The van der Waals surface area contributed by atoms with Gasteiger partial charge in [0, 0.05) is 17.2 Å². The quantitative estimate of drug-likeness (QED) is 0.480. The first kappa shape index (κ1) is 18.9. The lowest BCUT2D eigenvalue weighted by Crippen LogP contribution is -3.00. The van der Waals surface area contributed by atoms with Crippen molar-refractivity contribution < 1.29 is 28.5 Å². The summed E-state index contributed by atoms with van der Waals surface area (Å²) in [6.45, 7) is 10.1. The smallest absolute Gasteiger partial charge is 0.263 e. The molecule has 1 aliphatic rings.